The molecule has 17 heavy (non-hydrogen) atoms. The van der Waals surface area contributed by atoms with Gasteiger partial charge in [0.1, 0.15) is 0 Å². The number of sulfone groups is 1. The second-order valence-electron chi connectivity index (χ2n) is 4.54. The van der Waals surface area contributed by atoms with Gasteiger partial charge in [0.25, 0.3) is 0 Å². The molecule has 1 atom stereocenters. The fourth-order valence-corrected chi connectivity index (χ4v) is 3.34. The number of halogens is 1. The van der Waals surface area contributed by atoms with E-state index in [1.807, 2.05) is 12.1 Å². The fraction of sp³-hybridized carbons (Fsp3) is 0.538. The predicted octanol–water partition coefficient (Wildman–Crippen LogP) is 3.76. The van der Waals surface area contributed by atoms with Crippen LogP contribution in [0.15, 0.2) is 29.2 Å². The first-order valence-electron chi connectivity index (χ1n) is 5.79. The van der Waals surface area contributed by atoms with E-state index in [-0.39, 0.29) is 5.25 Å². The van der Waals surface area contributed by atoms with Crippen LogP contribution in [0.3, 0.4) is 0 Å². The summed E-state index contributed by atoms with van der Waals surface area (Å²) in [5, 5.41) is 0.591. The monoisotopic (exact) mass is 318 g/mol. The zero-order valence-corrected chi connectivity index (χ0v) is 12.9. The number of alkyl halides is 1. The van der Waals surface area contributed by atoms with Gasteiger partial charge in [-0.2, -0.15) is 0 Å². The molecule has 0 saturated carbocycles. The summed E-state index contributed by atoms with van der Waals surface area (Å²) in [6.07, 6.45) is 1.05. The lowest BCUT2D eigenvalue weighted by Crippen LogP contribution is -2.13. The van der Waals surface area contributed by atoms with Crippen LogP contribution in [0.5, 0.6) is 0 Å². The molecule has 1 aromatic rings. The van der Waals surface area contributed by atoms with Crippen LogP contribution in [0.25, 0.3) is 0 Å². The first-order valence-corrected chi connectivity index (χ1v) is 8.46. The molecule has 0 aliphatic carbocycles. The molecule has 96 valence electrons. The van der Waals surface area contributed by atoms with Crippen LogP contribution >= 0.6 is 15.9 Å². The summed E-state index contributed by atoms with van der Waals surface area (Å²) in [5.74, 6) is 0.449. The van der Waals surface area contributed by atoms with Gasteiger partial charge in [0, 0.05) is 5.33 Å². The van der Waals surface area contributed by atoms with Gasteiger partial charge in [-0.05, 0) is 43.9 Å². The van der Waals surface area contributed by atoms with Crippen molar-refractivity contribution in [1.29, 1.82) is 0 Å². The van der Waals surface area contributed by atoms with Gasteiger partial charge in [-0.3, -0.25) is 0 Å². The topological polar surface area (TPSA) is 34.1 Å². The van der Waals surface area contributed by atoms with E-state index in [0.717, 1.165) is 11.8 Å². The summed E-state index contributed by atoms with van der Waals surface area (Å²) in [6.45, 7) is 5.56. The van der Waals surface area contributed by atoms with Crippen molar-refractivity contribution in [3.05, 3.63) is 29.8 Å². The van der Waals surface area contributed by atoms with Gasteiger partial charge in [-0.1, -0.05) is 35.0 Å². The second kappa shape index (κ2) is 6.01. The number of hydrogen-bond acceptors (Lipinski definition) is 2. The highest BCUT2D eigenvalue weighted by atomic mass is 79.9. The molecule has 0 spiro atoms. The lowest BCUT2D eigenvalue weighted by atomic mass is 9.99. The van der Waals surface area contributed by atoms with Crippen LogP contribution in [0.2, 0.25) is 0 Å². The van der Waals surface area contributed by atoms with E-state index in [1.54, 1.807) is 26.0 Å². The fourth-order valence-electron chi connectivity index (χ4n) is 1.59. The molecule has 0 heterocycles. The van der Waals surface area contributed by atoms with Crippen LogP contribution in [0.4, 0.5) is 0 Å². The summed E-state index contributed by atoms with van der Waals surface area (Å²) >= 11 is 3.42. The Morgan fingerprint density at radius 2 is 1.65 bits per heavy atom. The summed E-state index contributed by atoms with van der Waals surface area (Å²) in [4.78, 5) is 0.419. The Bertz CT molecular complexity index is 449. The smallest absolute Gasteiger partial charge is 0.180 e. The standard InChI is InChI=1S/C13H19BrO2S/c1-10(2)17(15,16)13-6-4-12(5-7-13)11(3)8-9-14/h4-7,10-11H,8-9H2,1-3H3. The minimum absolute atomic E-state index is 0.367. The highest BCUT2D eigenvalue weighted by molar-refractivity contribution is 9.09. The molecular formula is C13H19BrO2S. The molecule has 0 fully saturated rings. The molecule has 1 unspecified atom stereocenters. The molecule has 0 aliphatic heterocycles. The van der Waals surface area contributed by atoms with Crippen molar-refractivity contribution in [3.8, 4) is 0 Å². The highest BCUT2D eigenvalue weighted by Gasteiger charge is 2.19. The summed E-state index contributed by atoms with van der Waals surface area (Å²) in [7, 11) is -3.14. The molecule has 1 rings (SSSR count). The largest absolute Gasteiger partial charge is 0.223 e. The quantitative estimate of drug-likeness (QED) is 0.775. The maximum atomic E-state index is 11.9. The maximum Gasteiger partial charge on any atom is 0.180 e. The van der Waals surface area contributed by atoms with E-state index in [1.165, 1.54) is 5.56 Å². The Morgan fingerprint density at radius 3 is 2.06 bits per heavy atom. The third kappa shape index (κ3) is 3.55. The van der Waals surface area contributed by atoms with E-state index >= 15 is 0 Å². The van der Waals surface area contributed by atoms with Crippen molar-refractivity contribution in [2.75, 3.05) is 5.33 Å². The number of benzene rings is 1. The maximum absolute atomic E-state index is 11.9. The average molecular weight is 319 g/mol. The lowest BCUT2D eigenvalue weighted by Gasteiger charge is -2.12. The Morgan fingerprint density at radius 1 is 1.12 bits per heavy atom. The SMILES string of the molecule is CC(CCBr)c1ccc(S(=O)(=O)C(C)C)cc1. The van der Waals surface area contributed by atoms with Crippen LogP contribution < -0.4 is 0 Å². The van der Waals surface area contributed by atoms with Crippen molar-refractivity contribution in [2.45, 2.75) is 43.3 Å². The summed E-state index contributed by atoms with van der Waals surface area (Å²) in [5.41, 5.74) is 1.19. The molecule has 0 aromatic heterocycles. The molecule has 0 saturated heterocycles. The molecule has 0 bridgehead atoms. The van der Waals surface area contributed by atoms with Crippen molar-refractivity contribution in [2.24, 2.45) is 0 Å². The van der Waals surface area contributed by atoms with Gasteiger partial charge in [-0.15, -0.1) is 0 Å². The van der Waals surface area contributed by atoms with Gasteiger partial charge >= 0.3 is 0 Å². The van der Waals surface area contributed by atoms with E-state index in [4.69, 9.17) is 0 Å². The van der Waals surface area contributed by atoms with Gasteiger partial charge in [0.15, 0.2) is 9.84 Å². The zero-order valence-electron chi connectivity index (χ0n) is 10.5. The first kappa shape index (κ1) is 14.7. The second-order valence-corrected chi connectivity index (χ2v) is 7.84. The van der Waals surface area contributed by atoms with E-state index < -0.39 is 9.84 Å². The number of hydrogen-bond donors (Lipinski definition) is 0. The summed E-state index contributed by atoms with van der Waals surface area (Å²) < 4.78 is 23.9. The molecular weight excluding hydrogens is 300 g/mol. The molecule has 1 aromatic carbocycles. The molecule has 0 aliphatic rings. The zero-order chi connectivity index (χ0) is 13.1. The van der Waals surface area contributed by atoms with Gasteiger partial charge in [0.2, 0.25) is 0 Å². The highest BCUT2D eigenvalue weighted by Crippen LogP contribution is 2.23. The molecule has 4 heteroatoms. The van der Waals surface area contributed by atoms with Crippen molar-refractivity contribution < 1.29 is 8.42 Å². The lowest BCUT2D eigenvalue weighted by molar-refractivity contribution is 0.587. The third-order valence-corrected chi connectivity index (χ3v) is 5.57. The third-order valence-electron chi connectivity index (χ3n) is 2.94. The van der Waals surface area contributed by atoms with Crippen molar-refractivity contribution >= 4 is 25.8 Å². The van der Waals surface area contributed by atoms with Crippen LogP contribution in [0.1, 0.15) is 38.7 Å². The van der Waals surface area contributed by atoms with Gasteiger partial charge < -0.3 is 0 Å². The van der Waals surface area contributed by atoms with E-state index in [0.29, 0.717) is 10.8 Å². The Hall–Kier alpha value is -0.350. The molecule has 0 amide bonds. The normalized spacial score (nSPS) is 13.9. The molecule has 0 radical (unpaired) electrons. The van der Waals surface area contributed by atoms with E-state index in [2.05, 4.69) is 22.9 Å². The molecule has 0 N–H and O–H groups in total. The van der Waals surface area contributed by atoms with Crippen LogP contribution in [-0.4, -0.2) is 19.0 Å². The Kier molecular flexibility index (Phi) is 5.20. The first-order chi connectivity index (χ1) is 7.89. The Balaban J connectivity index is 2.96. The summed E-state index contributed by atoms with van der Waals surface area (Å²) in [6, 6.07) is 7.27. The average Bonchev–Trinajstić information content (AvgIpc) is 2.29. The van der Waals surface area contributed by atoms with Gasteiger partial charge in [0.05, 0.1) is 10.1 Å². The molecule has 2 nitrogen and oxygen atoms in total. The minimum Gasteiger partial charge on any atom is -0.223 e. The van der Waals surface area contributed by atoms with Crippen molar-refractivity contribution in [3.63, 3.8) is 0 Å². The van der Waals surface area contributed by atoms with E-state index in [9.17, 15) is 8.42 Å². The number of rotatable bonds is 5. The van der Waals surface area contributed by atoms with Gasteiger partial charge in [-0.25, -0.2) is 8.42 Å². The van der Waals surface area contributed by atoms with Crippen LogP contribution in [0, 0.1) is 0 Å². The predicted molar refractivity (Wildman–Crippen MR) is 75.6 cm³/mol. The van der Waals surface area contributed by atoms with Crippen LogP contribution in [-0.2, 0) is 9.84 Å². The Labute approximate surface area is 112 Å². The van der Waals surface area contributed by atoms with Crippen molar-refractivity contribution in [1.82, 2.24) is 0 Å². The minimum atomic E-state index is -3.14.